The summed E-state index contributed by atoms with van der Waals surface area (Å²) in [5, 5.41) is 0. The first kappa shape index (κ1) is 79.8. The highest BCUT2D eigenvalue weighted by atomic mass is 16.8. The first-order chi connectivity index (χ1) is 57.3. The zero-order valence-corrected chi connectivity index (χ0v) is 64.9. The van der Waals surface area contributed by atoms with Gasteiger partial charge in [-0.3, -0.25) is 0 Å². The summed E-state index contributed by atoms with van der Waals surface area (Å²) < 4.78 is 144. The smallest absolute Gasteiger partial charge is 0.222 e. The van der Waals surface area contributed by atoms with Crippen molar-refractivity contribution in [2.75, 3.05) is 52.9 Å². The lowest BCUT2D eigenvalue weighted by atomic mass is 9.94. The second kappa shape index (κ2) is 38.4. The van der Waals surface area contributed by atoms with Crippen LogP contribution in [-0.2, 0) is 174 Å². The molecule has 10 aromatic carbocycles. The summed E-state index contributed by atoms with van der Waals surface area (Å²) in [4.78, 5) is 0. The fourth-order valence-corrected chi connectivity index (χ4v) is 16.3. The fraction of sp³-hybridized carbons (Fsp3) is 0.375. The zero-order valence-electron chi connectivity index (χ0n) is 64.9. The third kappa shape index (κ3) is 19.1. The van der Waals surface area contributed by atoms with Gasteiger partial charge in [0.25, 0.3) is 0 Å². The molecule has 10 aromatic rings. The van der Waals surface area contributed by atoms with Crippen LogP contribution < -0.4 is 0 Å². The van der Waals surface area contributed by atoms with E-state index in [2.05, 4.69) is 0 Å². The van der Waals surface area contributed by atoms with E-state index in [4.69, 9.17) is 94.7 Å². The van der Waals surface area contributed by atoms with Gasteiger partial charge in [0.2, 0.25) is 23.1 Å². The molecule has 10 aliphatic heterocycles. The van der Waals surface area contributed by atoms with Crippen LogP contribution in [0.2, 0.25) is 0 Å². The van der Waals surface area contributed by atoms with Crippen LogP contribution in [0.5, 0.6) is 0 Å². The lowest BCUT2D eigenvalue weighted by Crippen LogP contribution is -2.70. The maximum atomic E-state index is 7.43. The lowest BCUT2D eigenvalue weighted by molar-refractivity contribution is -0.439. The summed E-state index contributed by atoms with van der Waals surface area (Å²) in [7, 11) is 0. The van der Waals surface area contributed by atoms with Crippen LogP contribution in [0.4, 0.5) is 0 Å². The maximum Gasteiger partial charge on any atom is 0.222 e. The number of hydrogen-bond donors (Lipinski definition) is 0. The Hall–Kier alpha value is -8.60. The Bertz CT molecular complexity index is 4310. The van der Waals surface area contributed by atoms with Gasteiger partial charge < -0.3 is 94.7 Å². The van der Waals surface area contributed by atoms with Crippen LogP contribution in [0.25, 0.3) is 0 Å². The van der Waals surface area contributed by atoms with E-state index in [1.54, 1.807) is 0 Å². The summed E-state index contributed by atoms with van der Waals surface area (Å²) in [6, 6.07) is 96.4. The lowest BCUT2D eigenvalue weighted by Gasteiger charge is -2.53. The molecule has 20 rings (SSSR count). The molecule has 16 atom stereocenters. The van der Waals surface area contributed by atoms with Gasteiger partial charge in [0, 0.05) is 0 Å². The molecule has 0 amide bonds. The van der Waals surface area contributed by atoms with Gasteiger partial charge in [0.05, 0.1) is 106 Å². The molecular weight excluding hydrogens is 1470 g/mol. The molecule has 6 bridgehead atoms. The minimum Gasteiger partial charge on any atom is -0.374 e. The Morgan fingerprint density at radius 3 is 0.759 bits per heavy atom. The molecule has 20 nitrogen and oxygen atoms in total. The molecule has 116 heavy (non-hydrogen) atoms. The van der Waals surface area contributed by atoms with Crippen molar-refractivity contribution < 1.29 is 94.7 Å². The monoisotopic (exact) mass is 1570 g/mol. The van der Waals surface area contributed by atoms with Gasteiger partial charge in [0.15, 0.2) is 0 Å². The first-order valence-corrected chi connectivity index (χ1v) is 40.3. The molecule has 4 spiro atoms. The summed E-state index contributed by atoms with van der Waals surface area (Å²) in [6.07, 6.45) is -9.77. The zero-order chi connectivity index (χ0) is 78.1. The average molecular weight is 1570 g/mol. The molecule has 20 heteroatoms. The third-order valence-electron chi connectivity index (χ3n) is 22.6. The van der Waals surface area contributed by atoms with Crippen molar-refractivity contribution in [1.82, 2.24) is 0 Å². The number of benzene rings is 10. The first-order valence-electron chi connectivity index (χ1n) is 40.3. The van der Waals surface area contributed by atoms with E-state index in [0.717, 1.165) is 66.8 Å². The van der Waals surface area contributed by atoms with Crippen molar-refractivity contribution in [2.45, 2.75) is 176 Å². The molecule has 604 valence electrons. The molecule has 0 saturated carbocycles. The second-order valence-corrected chi connectivity index (χ2v) is 30.5. The van der Waals surface area contributed by atoms with E-state index in [1.165, 1.54) is 0 Å². The standard InChI is InChI=1S/C96H100O20/c1-9-29-69(30-10-1)49-99-81-63-109-93-65-113-95(67-111-93)91(105-55-75-41-21-7-22-42-75)87(103-53-73-37-17-5-18-38-73)83(115-95)61-98-58-78-46-26-28-48-80(78)60-108-90-86(102-52-72-35-15-4-16-36-72)82(100-50-70-31-11-2-12-32-70)64-110-94(90)66-114-96(68-112-94)92(106-56-76-43-23-8-24-44-76)88(104-54-74-39-19-6-20-40-74)84(116-96)62-97-57-77-45-25-27-47-79(77)59-107-89(93)85(81)101-51-71-33-13-3-14-34-71/h1-48,81-92H,49-68H2/t81-,82-,83-,84-,85-,86-,87-,88-,89+,90+,91+,92+,93+,94+,95+,96+/m1/s1. The van der Waals surface area contributed by atoms with Crippen molar-refractivity contribution >= 4 is 0 Å². The predicted molar refractivity (Wildman–Crippen MR) is 426 cm³/mol. The molecule has 10 heterocycles. The van der Waals surface area contributed by atoms with Crippen LogP contribution in [0.15, 0.2) is 291 Å². The summed E-state index contributed by atoms with van der Waals surface area (Å²) in [6.45, 7) is 1.65. The van der Waals surface area contributed by atoms with Gasteiger partial charge in [-0.1, -0.05) is 291 Å². The Morgan fingerprint density at radius 1 is 0.233 bits per heavy atom. The highest BCUT2D eigenvalue weighted by Gasteiger charge is 2.68. The molecule has 0 aliphatic carbocycles. The van der Waals surface area contributed by atoms with Gasteiger partial charge in [0.1, 0.15) is 99.7 Å². The maximum absolute atomic E-state index is 7.43. The summed E-state index contributed by atoms with van der Waals surface area (Å²) in [5.74, 6) is -6.39. The van der Waals surface area contributed by atoms with Crippen LogP contribution in [-0.4, -0.2) is 149 Å². The minimum absolute atomic E-state index is 0.0385. The van der Waals surface area contributed by atoms with E-state index >= 15 is 0 Å². The number of hydrogen-bond acceptors (Lipinski definition) is 20. The highest BCUT2D eigenvalue weighted by Crippen LogP contribution is 2.49. The van der Waals surface area contributed by atoms with Gasteiger partial charge in [-0.15, -0.1) is 0 Å². The molecule has 0 aromatic heterocycles. The SMILES string of the molecule is c1ccc(CO[C@@H]2[C@H](OCc3ccccc3)CO[C@@]34CO[C@@]5(CO3)O[C@H](COCc3ccccc3CO[C@H]3[C@H](OCc6ccccc6)[C@H](OCc6ccccc6)CO[C@]36CO[C@@]3(CO6)O[C@H](COCc6ccccc6CO[C@@H]24)[C@@H](OCc2ccccc2)[C@@H]3OCc2ccccc2)[C@@H](OCc2ccccc2)[C@@H]5OCc2ccccc2)cc1. The summed E-state index contributed by atoms with van der Waals surface area (Å²) >= 11 is 0. The van der Waals surface area contributed by atoms with Crippen molar-refractivity contribution in [3.63, 3.8) is 0 Å². The van der Waals surface area contributed by atoms with E-state index in [-0.39, 0.29) is 132 Å². The Kier molecular flexibility index (Phi) is 26.4. The Morgan fingerprint density at radius 2 is 0.474 bits per heavy atom. The van der Waals surface area contributed by atoms with Crippen molar-refractivity contribution in [3.8, 4) is 0 Å². The topological polar surface area (TPSA) is 185 Å². The molecule has 0 unspecified atom stereocenters. The third-order valence-corrected chi connectivity index (χ3v) is 22.6. The quantitative estimate of drug-likeness (QED) is 0.0556. The average Bonchev–Trinajstić information content (AvgIpc) is 1.52. The molecule has 6 saturated heterocycles. The van der Waals surface area contributed by atoms with E-state index < -0.39 is 96.4 Å². The Labute approximate surface area is 677 Å². The predicted octanol–water partition coefficient (Wildman–Crippen LogP) is 14.6. The van der Waals surface area contributed by atoms with E-state index in [1.807, 2.05) is 291 Å². The molecule has 0 radical (unpaired) electrons. The van der Waals surface area contributed by atoms with Gasteiger partial charge in [-0.2, -0.15) is 0 Å². The largest absolute Gasteiger partial charge is 0.374 e. The summed E-state index contributed by atoms with van der Waals surface area (Å²) in [5.41, 5.74) is 11.0. The van der Waals surface area contributed by atoms with Crippen molar-refractivity contribution in [3.05, 3.63) is 358 Å². The van der Waals surface area contributed by atoms with Crippen LogP contribution >= 0.6 is 0 Å². The van der Waals surface area contributed by atoms with Gasteiger partial charge in [-0.25, -0.2) is 0 Å². The van der Waals surface area contributed by atoms with Crippen molar-refractivity contribution in [1.29, 1.82) is 0 Å². The van der Waals surface area contributed by atoms with Crippen molar-refractivity contribution in [2.24, 2.45) is 0 Å². The normalized spacial score (nSPS) is 29.6. The molecular formula is C96H100O20. The van der Waals surface area contributed by atoms with Crippen LogP contribution in [0, 0.1) is 0 Å². The number of rotatable bonds is 24. The van der Waals surface area contributed by atoms with Crippen LogP contribution in [0.3, 0.4) is 0 Å². The van der Waals surface area contributed by atoms with E-state index in [0.29, 0.717) is 0 Å². The Balaban J connectivity index is 0.745. The minimum atomic E-state index is -1.61. The number of ether oxygens (including phenoxy) is 20. The molecule has 0 N–H and O–H groups in total. The fourth-order valence-electron chi connectivity index (χ4n) is 16.3. The second-order valence-electron chi connectivity index (χ2n) is 30.5. The van der Waals surface area contributed by atoms with E-state index in [9.17, 15) is 0 Å². The molecule has 10 aliphatic rings. The van der Waals surface area contributed by atoms with Gasteiger partial charge in [-0.05, 0) is 66.8 Å². The molecule has 6 fully saturated rings. The van der Waals surface area contributed by atoms with Crippen LogP contribution in [0.1, 0.15) is 66.8 Å². The van der Waals surface area contributed by atoms with Gasteiger partial charge >= 0.3 is 0 Å². The highest BCUT2D eigenvalue weighted by molar-refractivity contribution is 5.29.